The van der Waals surface area contributed by atoms with Crippen LogP contribution in [0.15, 0.2) is 60.8 Å². The van der Waals surface area contributed by atoms with E-state index in [2.05, 4.69) is 17.1 Å². The Labute approximate surface area is 191 Å². The standard InChI is InChI=1S/C24H24NO2.Y/c26-22-15-14-19(10-4-9-18-7-2-1-3-8-18)21(22)17-27-23-13-5-11-20-12-6-16-25-24(20)23;/h1-2,5-8,11-13,16,19,21H,4,9-10,14-15,17H2;/q-1;/t19-,21+;/m0./s1. The van der Waals surface area contributed by atoms with Crippen molar-refractivity contribution in [2.24, 2.45) is 11.8 Å². The van der Waals surface area contributed by atoms with Crippen molar-refractivity contribution in [3.63, 3.8) is 0 Å². The third kappa shape index (κ3) is 5.07. The number of ether oxygens (including phenoxy) is 1. The number of hydrogen-bond acceptors (Lipinski definition) is 3. The van der Waals surface area contributed by atoms with Crippen LogP contribution in [0.5, 0.6) is 5.75 Å². The first kappa shape index (κ1) is 21.1. The predicted molar refractivity (Wildman–Crippen MR) is 107 cm³/mol. The van der Waals surface area contributed by atoms with Gasteiger partial charge in [-0.25, -0.2) is 0 Å². The average molecular weight is 447 g/mol. The Morgan fingerprint density at radius 2 is 2.04 bits per heavy atom. The second kappa shape index (κ2) is 10.3. The Bertz CT molecular complexity index is 907. The Balaban J connectivity index is 0.00000225. The molecule has 28 heavy (non-hydrogen) atoms. The predicted octanol–water partition coefficient (Wildman–Crippen LogP) is 5.03. The molecule has 2 atom stereocenters. The minimum Gasteiger partial charge on any atom is -0.491 e. The van der Waals surface area contributed by atoms with E-state index < -0.39 is 0 Å². The van der Waals surface area contributed by atoms with Crippen molar-refractivity contribution in [2.45, 2.75) is 32.1 Å². The molecule has 0 saturated heterocycles. The fourth-order valence-electron chi connectivity index (χ4n) is 4.08. The van der Waals surface area contributed by atoms with E-state index in [0.29, 0.717) is 24.7 Å². The monoisotopic (exact) mass is 447 g/mol. The quantitative estimate of drug-likeness (QED) is 0.477. The van der Waals surface area contributed by atoms with Crippen LogP contribution in [-0.2, 0) is 43.9 Å². The maximum absolute atomic E-state index is 12.4. The molecule has 0 amide bonds. The second-order valence-electron chi connectivity index (χ2n) is 7.32. The molecule has 1 radical (unpaired) electrons. The Morgan fingerprint density at radius 1 is 1.14 bits per heavy atom. The van der Waals surface area contributed by atoms with Crippen molar-refractivity contribution in [1.29, 1.82) is 0 Å². The topological polar surface area (TPSA) is 39.2 Å². The van der Waals surface area contributed by atoms with Crippen LogP contribution < -0.4 is 4.74 Å². The van der Waals surface area contributed by atoms with Gasteiger partial charge < -0.3 is 4.74 Å². The van der Waals surface area contributed by atoms with Crippen molar-refractivity contribution in [3.05, 3.63) is 72.4 Å². The zero-order valence-electron chi connectivity index (χ0n) is 16.0. The normalized spacial score (nSPS) is 18.8. The maximum atomic E-state index is 12.4. The number of ketones is 1. The molecule has 2 aromatic carbocycles. The number of Topliss-reactive ketones (excluding diaryl/α,β-unsaturated/α-hetero) is 1. The number of para-hydroxylation sites is 1. The Morgan fingerprint density at radius 3 is 2.89 bits per heavy atom. The van der Waals surface area contributed by atoms with Crippen molar-refractivity contribution < 1.29 is 42.2 Å². The number of aromatic nitrogens is 1. The minimum atomic E-state index is 0. The summed E-state index contributed by atoms with van der Waals surface area (Å²) < 4.78 is 6.08. The molecule has 1 aliphatic carbocycles. The maximum Gasteiger partial charge on any atom is 0.145 e. The Hall–Kier alpha value is -1.58. The number of hydrogen-bond donors (Lipinski definition) is 0. The van der Waals surface area contributed by atoms with E-state index in [1.807, 2.05) is 48.5 Å². The van der Waals surface area contributed by atoms with Gasteiger partial charge in [0.25, 0.3) is 0 Å². The molecule has 1 aliphatic rings. The van der Waals surface area contributed by atoms with Gasteiger partial charge in [-0.05, 0) is 24.5 Å². The van der Waals surface area contributed by atoms with E-state index >= 15 is 0 Å². The van der Waals surface area contributed by atoms with Crippen LogP contribution in [0.2, 0.25) is 0 Å². The number of carbonyl (C=O) groups is 1. The number of fused-ring (bicyclic) bond motifs is 1. The zero-order chi connectivity index (χ0) is 18.5. The summed E-state index contributed by atoms with van der Waals surface area (Å²) in [5, 5.41) is 1.06. The van der Waals surface area contributed by atoms with Gasteiger partial charge in [-0.2, -0.15) is 35.9 Å². The molecule has 4 rings (SSSR count). The van der Waals surface area contributed by atoms with E-state index in [1.165, 1.54) is 5.56 Å². The summed E-state index contributed by atoms with van der Waals surface area (Å²) in [5.41, 5.74) is 2.18. The van der Waals surface area contributed by atoms with Crippen LogP contribution >= 0.6 is 0 Å². The molecule has 141 valence electrons. The van der Waals surface area contributed by atoms with Crippen molar-refractivity contribution >= 4 is 16.7 Å². The van der Waals surface area contributed by atoms with E-state index in [-0.39, 0.29) is 38.6 Å². The number of nitrogens with zero attached hydrogens (tertiary/aromatic N) is 1. The van der Waals surface area contributed by atoms with E-state index in [4.69, 9.17) is 4.74 Å². The number of aryl methyl sites for hydroxylation is 1. The van der Waals surface area contributed by atoms with Gasteiger partial charge in [0.15, 0.2) is 0 Å². The molecule has 0 N–H and O–H groups in total. The van der Waals surface area contributed by atoms with E-state index in [1.54, 1.807) is 6.20 Å². The summed E-state index contributed by atoms with van der Waals surface area (Å²) in [7, 11) is 0. The first-order valence-electron chi connectivity index (χ1n) is 9.75. The number of rotatable bonds is 7. The molecule has 3 nitrogen and oxygen atoms in total. The van der Waals surface area contributed by atoms with Crippen LogP contribution in [0.1, 0.15) is 31.2 Å². The second-order valence-corrected chi connectivity index (χ2v) is 7.32. The third-order valence-corrected chi connectivity index (χ3v) is 5.57. The molecular weight excluding hydrogens is 423 g/mol. The molecule has 0 bridgehead atoms. The van der Waals surface area contributed by atoms with Crippen molar-refractivity contribution in [2.75, 3.05) is 6.61 Å². The summed E-state index contributed by atoms with van der Waals surface area (Å²) in [4.78, 5) is 16.8. The molecule has 0 spiro atoms. The third-order valence-electron chi connectivity index (χ3n) is 5.57. The molecule has 0 unspecified atom stereocenters. The summed E-state index contributed by atoms with van der Waals surface area (Å²) >= 11 is 0. The van der Waals surface area contributed by atoms with Crippen molar-refractivity contribution in [3.8, 4) is 5.75 Å². The summed E-state index contributed by atoms with van der Waals surface area (Å²) in [5.74, 6) is 1.55. The van der Waals surface area contributed by atoms with Crippen LogP contribution in [0.3, 0.4) is 0 Å². The van der Waals surface area contributed by atoms with E-state index in [9.17, 15) is 4.79 Å². The van der Waals surface area contributed by atoms with Crippen LogP contribution in [0.25, 0.3) is 10.9 Å². The van der Waals surface area contributed by atoms with Gasteiger partial charge in [-0.3, -0.25) is 9.78 Å². The minimum absolute atomic E-state index is 0. The van der Waals surface area contributed by atoms with Crippen LogP contribution in [0, 0.1) is 17.9 Å². The molecule has 1 aromatic heterocycles. The van der Waals surface area contributed by atoms with Gasteiger partial charge >= 0.3 is 0 Å². The summed E-state index contributed by atoms with van der Waals surface area (Å²) in [6.07, 6.45) is 6.67. The molecule has 4 heteroatoms. The fourth-order valence-corrected chi connectivity index (χ4v) is 4.08. The number of pyridine rings is 1. The zero-order valence-corrected chi connectivity index (χ0v) is 18.9. The van der Waals surface area contributed by atoms with Crippen LogP contribution in [0.4, 0.5) is 0 Å². The van der Waals surface area contributed by atoms with Gasteiger partial charge in [0.05, 0.1) is 12.5 Å². The first-order valence-corrected chi connectivity index (χ1v) is 9.75. The SMILES string of the molecule is O=C1CC[C@H](CCCc2c[c-]ccc2)[C@H]1COc1cccc2cccnc12.[Y]. The summed E-state index contributed by atoms with van der Waals surface area (Å²) in [6.45, 7) is 0.457. The largest absolute Gasteiger partial charge is 0.491 e. The molecule has 1 fully saturated rings. The Kier molecular flexibility index (Phi) is 7.76. The summed E-state index contributed by atoms with van der Waals surface area (Å²) in [6, 6.07) is 21.2. The van der Waals surface area contributed by atoms with Gasteiger partial charge in [0, 0.05) is 50.7 Å². The number of carbonyl (C=O) groups excluding carboxylic acids is 1. The van der Waals surface area contributed by atoms with Crippen LogP contribution in [-0.4, -0.2) is 17.4 Å². The first-order chi connectivity index (χ1) is 13.3. The molecule has 3 aromatic rings. The molecular formula is C24H24NO2Y-. The smallest absolute Gasteiger partial charge is 0.145 e. The average Bonchev–Trinajstić information content (AvgIpc) is 3.07. The van der Waals surface area contributed by atoms with E-state index in [0.717, 1.165) is 42.3 Å². The molecule has 1 heterocycles. The van der Waals surface area contributed by atoms with Gasteiger partial charge in [0.1, 0.15) is 17.0 Å². The fraction of sp³-hybridized carbons (Fsp3) is 0.333. The van der Waals surface area contributed by atoms with Gasteiger partial charge in [0.2, 0.25) is 0 Å². The van der Waals surface area contributed by atoms with Gasteiger partial charge in [-0.1, -0.05) is 37.5 Å². The van der Waals surface area contributed by atoms with Gasteiger partial charge in [-0.15, -0.1) is 0 Å². The molecule has 0 aliphatic heterocycles. The number of benzene rings is 2. The molecule has 1 saturated carbocycles. The van der Waals surface area contributed by atoms with Crippen molar-refractivity contribution in [1.82, 2.24) is 4.98 Å².